The summed E-state index contributed by atoms with van der Waals surface area (Å²) in [7, 11) is 0. The van der Waals surface area contributed by atoms with E-state index in [0.717, 1.165) is 5.76 Å². The molecular weight excluding hydrogens is 278 g/mol. The van der Waals surface area contributed by atoms with E-state index in [9.17, 15) is 4.79 Å². The summed E-state index contributed by atoms with van der Waals surface area (Å²) < 4.78 is 6.85. The van der Waals surface area contributed by atoms with E-state index in [4.69, 9.17) is 4.42 Å². The van der Waals surface area contributed by atoms with Crippen LogP contribution in [0.4, 0.5) is 0 Å². The summed E-state index contributed by atoms with van der Waals surface area (Å²) in [5, 5.41) is 14.9. The van der Waals surface area contributed by atoms with Gasteiger partial charge in [0, 0.05) is 0 Å². The maximum atomic E-state index is 11.7. The van der Waals surface area contributed by atoms with Crippen LogP contribution in [-0.2, 0) is 16.9 Å². The van der Waals surface area contributed by atoms with Crippen molar-refractivity contribution in [3.05, 3.63) is 24.2 Å². The molecule has 0 aromatic carbocycles. The first-order valence-corrected chi connectivity index (χ1v) is 7.16. The molecule has 0 saturated heterocycles. The predicted octanol–water partition coefficient (Wildman–Crippen LogP) is 1.43. The molecule has 0 spiro atoms. The highest BCUT2D eigenvalue weighted by atomic mass is 32.2. The van der Waals surface area contributed by atoms with Crippen LogP contribution in [0.2, 0.25) is 0 Å². The van der Waals surface area contributed by atoms with E-state index in [0.29, 0.717) is 11.7 Å². The number of hydrogen-bond donors (Lipinski definition) is 1. The fourth-order valence-corrected chi connectivity index (χ4v) is 2.36. The highest BCUT2D eigenvalue weighted by Gasteiger charge is 2.20. The van der Waals surface area contributed by atoms with Crippen LogP contribution in [0, 0.1) is 0 Å². The van der Waals surface area contributed by atoms with Gasteiger partial charge in [0.05, 0.1) is 24.1 Å². The van der Waals surface area contributed by atoms with Crippen LogP contribution in [0.1, 0.15) is 26.5 Å². The largest absolute Gasteiger partial charge is 0.467 e. The van der Waals surface area contributed by atoms with E-state index in [-0.39, 0.29) is 17.2 Å². The molecule has 0 bridgehead atoms. The first-order chi connectivity index (χ1) is 9.47. The number of hydrogen-bond acceptors (Lipinski definition) is 6. The first-order valence-electron chi connectivity index (χ1n) is 6.17. The summed E-state index contributed by atoms with van der Waals surface area (Å²) in [4.78, 5) is 11.7. The molecule has 0 aliphatic rings. The molecule has 8 heteroatoms. The van der Waals surface area contributed by atoms with Crippen molar-refractivity contribution in [2.75, 3.05) is 5.75 Å². The van der Waals surface area contributed by atoms with Crippen LogP contribution in [0.5, 0.6) is 0 Å². The van der Waals surface area contributed by atoms with Crippen molar-refractivity contribution < 1.29 is 9.21 Å². The highest BCUT2D eigenvalue weighted by Crippen LogP contribution is 2.20. The Bertz CT molecular complexity index is 559. The van der Waals surface area contributed by atoms with E-state index in [1.165, 1.54) is 11.8 Å². The molecule has 20 heavy (non-hydrogen) atoms. The average molecular weight is 295 g/mol. The van der Waals surface area contributed by atoms with Gasteiger partial charge in [-0.05, 0) is 43.3 Å². The Morgan fingerprint density at radius 1 is 1.50 bits per heavy atom. The number of amides is 1. The van der Waals surface area contributed by atoms with E-state index >= 15 is 0 Å². The van der Waals surface area contributed by atoms with Gasteiger partial charge in [-0.25, -0.2) is 4.68 Å². The molecule has 0 fully saturated rings. The van der Waals surface area contributed by atoms with E-state index in [2.05, 4.69) is 20.8 Å². The maximum absolute atomic E-state index is 11.7. The quantitative estimate of drug-likeness (QED) is 0.840. The number of rotatable bonds is 5. The molecule has 0 unspecified atom stereocenters. The number of aromatic nitrogens is 4. The standard InChI is InChI=1S/C12H17N5O2S/c1-12(2,3)17-11(14-15-16-17)20-8-10(18)13-7-9-5-4-6-19-9/h4-6H,7-8H2,1-3H3,(H,13,18). The third kappa shape index (κ3) is 3.83. The molecule has 0 radical (unpaired) electrons. The Balaban J connectivity index is 1.83. The minimum absolute atomic E-state index is 0.0881. The van der Waals surface area contributed by atoms with Crippen molar-refractivity contribution in [3.63, 3.8) is 0 Å². The molecule has 0 atom stereocenters. The SMILES string of the molecule is CC(C)(C)n1nnnc1SCC(=O)NCc1ccco1. The molecule has 0 aliphatic heterocycles. The summed E-state index contributed by atoms with van der Waals surface area (Å²) >= 11 is 1.31. The zero-order chi connectivity index (χ0) is 14.6. The third-order valence-electron chi connectivity index (χ3n) is 2.45. The fraction of sp³-hybridized carbons (Fsp3) is 0.500. The highest BCUT2D eigenvalue weighted by molar-refractivity contribution is 7.99. The van der Waals surface area contributed by atoms with Crippen LogP contribution >= 0.6 is 11.8 Å². The van der Waals surface area contributed by atoms with Gasteiger partial charge in [-0.1, -0.05) is 11.8 Å². The van der Waals surface area contributed by atoms with Crippen molar-refractivity contribution in [2.45, 2.75) is 38.0 Å². The second kappa shape index (κ2) is 6.08. The predicted molar refractivity (Wildman–Crippen MR) is 74.1 cm³/mol. The van der Waals surface area contributed by atoms with Crippen LogP contribution in [0.15, 0.2) is 28.0 Å². The summed E-state index contributed by atoms with van der Waals surface area (Å²) in [6, 6.07) is 3.60. The van der Waals surface area contributed by atoms with Crippen LogP contribution in [0.25, 0.3) is 0 Å². The topological polar surface area (TPSA) is 85.8 Å². The summed E-state index contributed by atoms with van der Waals surface area (Å²) in [6.07, 6.45) is 1.58. The van der Waals surface area contributed by atoms with Gasteiger partial charge in [0.2, 0.25) is 11.1 Å². The van der Waals surface area contributed by atoms with Crippen LogP contribution < -0.4 is 5.32 Å². The third-order valence-corrected chi connectivity index (χ3v) is 3.37. The minimum atomic E-state index is -0.212. The Hall–Kier alpha value is -1.83. The Morgan fingerprint density at radius 3 is 2.95 bits per heavy atom. The second-order valence-electron chi connectivity index (χ2n) is 5.19. The number of carbonyl (C=O) groups is 1. The molecule has 0 saturated carbocycles. The normalized spacial score (nSPS) is 11.6. The zero-order valence-corrected chi connectivity index (χ0v) is 12.5. The molecule has 108 valence electrons. The van der Waals surface area contributed by atoms with Gasteiger partial charge in [0.1, 0.15) is 5.76 Å². The molecule has 2 heterocycles. The lowest BCUT2D eigenvalue weighted by Crippen LogP contribution is -2.26. The van der Waals surface area contributed by atoms with E-state index < -0.39 is 0 Å². The van der Waals surface area contributed by atoms with Crippen molar-refractivity contribution in [3.8, 4) is 0 Å². The molecule has 1 amide bonds. The number of nitrogens with one attached hydrogen (secondary N) is 1. The maximum Gasteiger partial charge on any atom is 0.230 e. The van der Waals surface area contributed by atoms with Crippen LogP contribution in [-0.4, -0.2) is 31.9 Å². The van der Waals surface area contributed by atoms with E-state index in [1.807, 2.05) is 26.8 Å². The van der Waals surface area contributed by atoms with Crippen molar-refractivity contribution >= 4 is 17.7 Å². The Morgan fingerprint density at radius 2 is 2.30 bits per heavy atom. The summed E-state index contributed by atoms with van der Waals surface area (Å²) in [5.41, 5.74) is -0.212. The number of nitrogens with zero attached hydrogens (tertiary/aromatic N) is 4. The molecule has 7 nitrogen and oxygen atoms in total. The fourth-order valence-electron chi connectivity index (χ4n) is 1.47. The first kappa shape index (κ1) is 14.6. The molecule has 2 rings (SSSR count). The van der Waals surface area contributed by atoms with Gasteiger partial charge in [-0.2, -0.15) is 0 Å². The monoisotopic (exact) mass is 295 g/mol. The lowest BCUT2D eigenvalue weighted by molar-refractivity contribution is -0.118. The van der Waals surface area contributed by atoms with Gasteiger partial charge in [0.15, 0.2) is 0 Å². The van der Waals surface area contributed by atoms with Gasteiger partial charge in [-0.3, -0.25) is 4.79 Å². The summed E-state index contributed by atoms with van der Waals surface area (Å²) in [6.45, 7) is 6.40. The molecular formula is C12H17N5O2S. The smallest absolute Gasteiger partial charge is 0.230 e. The molecule has 0 aliphatic carbocycles. The minimum Gasteiger partial charge on any atom is -0.467 e. The van der Waals surface area contributed by atoms with Gasteiger partial charge < -0.3 is 9.73 Å². The lowest BCUT2D eigenvalue weighted by Gasteiger charge is -2.19. The van der Waals surface area contributed by atoms with Crippen molar-refractivity contribution in [1.29, 1.82) is 0 Å². The van der Waals surface area contributed by atoms with Gasteiger partial charge in [-0.15, -0.1) is 5.10 Å². The zero-order valence-electron chi connectivity index (χ0n) is 11.7. The number of thioether (sulfide) groups is 1. The van der Waals surface area contributed by atoms with Crippen LogP contribution in [0.3, 0.4) is 0 Å². The number of carbonyl (C=O) groups excluding carboxylic acids is 1. The number of furan rings is 1. The van der Waals surface area contributed by atoms with Crippen molar-refractivity contribution in [2.24, 2.45) is 0 Å². The van der Waals surface area contributed by atoms with E-state index in [1.54, 1.807) is 17.0 Å². The molecule has 2 aromatic rings. The molecule has 2 aromatic heterocycles. The lowest BCUT2D eigenvalue weighted by atomic mass is 10.1. The van der Waals surface area contributed by atoms with Gasteiger partial charge >= 0.3 is 0 Å². The van der Waals surface area contributed by atoms with Crippen molar-refractivity contribution in [1.82, 2.24) is 25.5 Å². The van der Waals surface area contributed by atoms with Gasteiger partial charge in [0.25, 0.3) is 0 Å². The Labute approximate surface area is 121 Å². The second-order valence-corrected chi connectivity index (χ2v) is 6.13. The number of tetrazole rings is 1. The summed E-state index contributed by atoms with van der Waals surface area (Å²) in [5.74, 6) is 0.898. The Kier molecular flexibility index (Phi) is 4.43. The average Bonchev–Trinajstić information content (AvgIpc) is 3.03. The molecule has 1 N–H and O–H groups in total.